The average Bonchev–Trinajstić information content (AvgIpc) is 3.64. The van der Waals surface area contributed by atoms with Gasteiger partial charge in [0.1, 0.15) is 24.4 Å². The fourth-order valence-electron chi connectivity index (χ4n) is 10.8. The molecule has 19 atom stereocenters. The number of aliphatic hydroxyl groups excluding tert-OH is 3. The first-order valence-electron chi connectivity index (χ1n) is 20.2. The molecule has 0 aromatic carbocycles. The smallest absolute Gasteiger partial charge is 0.309 e. The van der Waals surface area contributed by atoms with Gasteiger partial charge in [0.25, 0.3) is 0 Å². The maximum absolute atomic E-state index is 13.7. The number of methoxy groups -OCH3 is 1. The maximum atomic E-state index is 13.7. The van der Waals surface area contributed by atoms with Gasteiger partial charge >= 0.3 is 5.97 Å². The minimum absolute atomic E-state index is 0.0607. The summed E-state index contributed by atoms with van der Waals surface area (Å²) in [6.07, 6.45) is 1.31. The van der Waals surface area contributed by atoms with Gasteiger partial charge in [0, 0.05) is 33.3 Å². The van der Waals surface area contributed by atoms with Gasteiger partial charge in [0.05, 0.1) is 67.4 Å². The van der Waals surface area contributed by atoms with Crippen molar-refractivity contribution < 1.29 is 67.5 Å². The van der Waals surface area contributed by atoms with Crippen LogP contribution >= 0.6 is 0 Å². The summed E-state index contributed by atoms with van der Waals surface area (Å²) >= 11 is 0. The van der Waals surface area contributed by atoms with Crippen LogP contribution in [0.5, 0.6) is 0 Å². The lowest BCUT2D eigenvalue weighted by molar-refractivity contribution is -0.336. The van der Waals surface area contributed by atoms with Crippen LogP contribution < -0.4 is 0 Å². The van der Waals surface area contributed by atoms with Gasteiger partial charge < -0.3 is 62.7 Å². The van der Waals surface area contributed by atoms with Crippen LogP contribution in [0.15, 0.2) is 23.5 Å². The van der Waals surface area contributed by atoms with Gasteiger partial charge in [-0.2, -0.15) is 0 Å². The van der Waals surface area contributed by atoms with Crippen molar-refractivity contribution in [3.05, 3.63) is 23.5 Å². The fraction of sp³-hybridized carbons (Fsp3) is 0.875. The minimum atomic E-state index is -0.906. The molecule has 6 fully saturated rings. The van der Waals surface area contributed by atoms with Crippen molar-refractivity contribution in [2.75, 3.05) is 13.7 Å². The van der Waals surface area contributed by atoms with E-state index in [-0.39, 0.29) is 54.2 Å². The Balaban J connectivity index is 0.837. The van der Waals surface area contributed by atoms with Crippen LogP contribution in [0, 0.1) is 23.2 Å². The molecular weight excluding hydrogens is 704 g/mol. The molecule has 0 bridgehead atoms. The molecule has 304 valence electrons. The Morgan fingerprint density at radius 1 is 0.852 bits per heavy atom. The van der Waals surface area contributed by atoms with E-state index in [1.165, 1.54) is 18.3 Å². The van der Waals surface area contributed by atoms with Crippen molar-refractivity contribution in [3.63, 3.8) is 0 Å². The summed E-state index contributed by atoms with van der Waals surface area (Å²) in [6.45, 7) is 10.0. The standard InChI is InChI=1S/C40H60O14/c1-19-35(43)29(45-6)16-33(48-19)54-37-21(3)50-32(15-28(37)42)53-36-20(2)49-31(14-27(36)41)51-24-11-12-39(4)23(13-24)8-9-25-26(39)10-7-22-17-46-40(5)34(22)30(18-47-40)52-38(25)44/h8,17,19-21,24-37,41-43H,7,9-16,18H2,1-6H3/t19-,20+,21+,24-,25+,26-,27+,28-,29-,30+,31-,32-,33-,34+,35+,36+,37+,39-,40-/m0/s1. The van der Waals surface area contributed by atoms with Crippen molar-refractivity contribution in [1.29, 1.82) is 0 Å². The number of hydrogen-bond donors (Lipinski definition) is 3. The number of ether oxygens (including phenoxy) is 10. The molecule has 0 unspecified atom stereocenters. The van der Waals surface area contributed by atoms with Gasteiger partial charge in [-0.15, -0.1) is 0 Å². The van der Waals surface area contributed by atoms with Crippen molar-refractivity contribution >= 4 is 5.97 Å². The van der Waals surface area contributed by atoms with E-state index in [0.717, 1.165) is 32.1 Å². The number of aliphatic hydroxyl groups is 3. The average molecular weight is 765 g/mol. The molecule has 2 aliphatic carbocycles. The summed E-state index contributed by atoms with van der Waals surface area (Å²) < 4.78 is 60.6. The van der Waals surface area contributed by atoms with Crippen molar-refractivity contribution in [2.45, 2.75) is 184 Å². The molecule has 0 aromatic heterocycles. The van der Waals surface area contributed by atoms with Crippen molar-refractivity contribution in [1.82, 2.24) is 0 Å². The number of hydrogen-bond acceptors (Lipinski definition) is 14. The topological polar surface area (TPSA) is 170 Å². The third-order valence-electron chi connectivity index (χ3n) is 13.9. The molecule has 0 radical (unpaired) electrons. The van der Waals surface area contributed by atoms with Crippen LogP contribution in [0.4, 0.5) is 0 Å². The Labute approximate surface area is 317 Å². The van der Waals surface area contributed by atoms with E-state index in [4.69, 9.17) is 47.4 Å². The van der Waals surface area contributed by atoms with E-state index < -0.39 is 79.6 Å². The molecule has 0 aromatic rings. The molecule has 54 heavy (non-hydrogen) atoms. The number of esters is 1. The predicted octanol–water partition coefficient (Wildman–Crippen LogP) is 3.38. The quantitative estimate of drug-likeness (QED) is 0.255. The fourth-order valence-corrected chi connectivity index (χ4v) is 10.8. The largest absolute Gasteiger partial charge is 0.469 e. The van der Waals surface area contributed by atoms with Crippen molar-refractivity contribution in [3.8, 4) is 0 Å². The Morgan fingerprint density at radius 3 is 2.17 bits per heavy atom. The molecule has 14 heteroatoms. The zero-order chi connectivity index (χ0) is 38.1. The van der Waals surface area contributed by atoms with Crippen LogP contribution in [-0.2, 0) is 52.2 Å². The molecule has 8 aliphatic rings. The SMILES string of the molecule is CO[C@H]1C[C@H](O[C@H]2[C@@H](O)C[C@H](O[C@H]3[C@H](O)C[C@H](O[C@H]4CC[C@@]5(C)C(=CC[C@H]6C(=O)O[C@@H]7CO[C@]8(C)OC=C(CC[C@@H]65)[C@H]78)C4)O[C@@H]3C)O[C@@H]2C)O[C@@H](C)[C@H]1O. The van der Waals surface area contributed by atoms with E-state index in [1.807, 2.05) is 20.1 Å². The number of carbonyl (C=O) groups excluding carboxylic acids is 1. The number of carbonyl (C=O) groups is 1. The molecule has 5 saturated heterocycles. The Kier molecular flexibility index (Phi) is 11.0. The van der Waals surface area contributed by atoms with Crippen LogP contribution in [0.2, 0.25) is 0 Å². The first-order valence-corrected chi connectivity index (χ1v) is 20.2. The van der Waals surface area contributed by atoms with Crippen molar-refractivity contribution in [2.24, 2.45) is 23.2 Å². The van der Waals surface area contributed by atoms with E-state index in [0.29, 0.717) is 19.4 Å². The molecule has 14 nitrogen and oxygen atoms in total. The highest BCUT2D eigenvalue weighted by atomic mass is 16.7. The Bertz CT molecular complexity index is 1410. The third-order valence-corrected chi connectivity index (χ3v) is 13.9. The molecular formula is C40H60O14. The van der Waals surface area contributed by atoms with Crippen LogP contribution in [0.3, 0.4) is 0 Å². The second kappa shape index (κ2) is 15.2. The summed E-state index contributed by atoms with van der Waals surface area (Å²) in [5.41, 5.74) is 2.35. The molecule has 8 rings (SSSR count). The van der Waals surface area contributed by atoms with E-state index in [2.05, 4.69) is 13.0 Å². The minimum Gasteiger partial charge on any atom is -0.469 e. The van der Waals surface area contributed by atoms with Gasteiger partial charge in [-0.1, -0.05) is 18.6 Å². The van der Waals surface area contributed by atoms with E-state index >= 15 is 0 Å². The van der Waals surface area contributed by atoms with Gasteiger partial charge in [-0.3, -0.25) is 4.79 Å². The number of rotatable bonds is 7. The molecule has 0 spiro atoms. The normalized spacial score (nSPS) is 51.9. The lowest BCUT2D eigenvalue weighted by Gasteiger charge is -2.50. The van der Waals surface area contributed by atoms with Gasteiger partial charge in [0.15, 0.2) is 18.9 Å². The Hall–Kier alpha value is -1.69. The molecule has 1 saturated carbocycles. The summed E-state index contributed by atoms with van der Waals surface area (Å²) in [5, 5.41) is 32.7. The Morgan fingerprint density at radius 2 is 1.50 bits per heavy atom. The van der Waals surface area contributed by atoms with E-state index in [1.54, 1.807) is 13.8 Å². The van der Waals surface area contributed by atoms with Crippen LogP contribution in [0.1, 0.15) is 92.4 Å². The zero-order valence-corrected chi connectivity index (χ0v) is 32.4. The summed E-state index contributed by atoms with van der Waals surface area (Å²) in [7, 11) is 1.54. The monoisotopic (exact) mass is 764 g/mol. The van der Waals surface area contributed by atoms with Gasteiger partial charge in [-0.25, -0.2) is 0 Å². The third kappa shape index (κ3) is 7.20. The summed E-state index contributed by atoms with van der Waals surface area (Å²) in [6, 6.07) is 0. The van der Waals surface area contributed by atoms with Gasteiger partial charge in [-0.05, 0) is 76.2 Å². The first kappa shape index (κ1) is 39.2. The molecule has 6 heterocycles. The lowest BCUT2D eigenvalue weighted by Crippen LogP contribution is -2.56. The van der Waals surface area contributed by atoms with Crippen LogP contribution in [-0.4, -0.2) is 127 Å². The van der Waals surface area contributed by atoms with Crippen LogP contribution in [0.25, 0.3) is 0 Å². The first-order chi connectivity index (χ1) is 25.8. The highest BCUT2D eigenvalue weighted by Gasteiger charge is 2.58. The summed E-state index contributed by atoms with van der Waals surface area (Å²) in [4.78, 5) is 13.7. The number of allylic oxidation sites excluding steroid dienone is 1. The van der Waals surface area contributed by atoms with Gasteiger partial charge in [0.2, 0.25) is 5.79 Å². The molecule has 6 aliphatic heterocycles. The molecule has 3 N–H and O–H groups in total. The summed E-state index contributed by atoms with van der Waals surface area (Å²) in [5.74, 6) is -0.989. The lowest BCUT2D eigenvalue weighted by atomic mass is 9.55. The second-order valence-electron chi connectivity index (χ2n) is 17.3. The van der Waals surface area contributed by atoms with E-state index in [9.17, 15) is 20.1 Å². The molecule has 0 amide bonds. The predicted molar refractivity (Wildman–Crippen MR) is 188 cm³/mol. The number of fused-ring (bicyclic) bond motifs is 3. The maximum Gasteiger partial charge on any atom is 0.309 e. The zero-order valence-electron chi connectivity index (χ0n) is 32.4. The second-order valence-corrected chi connectivity index (χ2v) is 17.3. The highest BCUT2D eigenvalue weighted by Crippen LogP contribution is 2.57. The highest BCUT2D eigenvalue weighted by molar-refractivity contribution is 5.74.